The predicted molar refractivity (Wildman–Crippen MR) is 102 cm³/mol. The van der Waals surface area contributed by atoms with Gasteiger partial charge in [-0.05, 0) is 12.5 Å². The number of ether oxygens (including phenoxy) is 1. The molecule has 1 aliphatic rings. The fourth-order valence-corrected chi connectivity index (χ4v) is 3.38. The van der Waals surface area contributed by atoms with Crippen LogP contribution in [0.15, 0.2) is 65.8 Å². The molecule has 5 nitrogen and oxygen atoms in total. The SMILES string of the molecule is C/C(=N/NC(=O)Cc1ccccc1)[C@@H](c1ccccc1)[NH+]1CCOCC1. The fourth-order valence-electron chi connectivity index (χ4n) is 3.38. The van der Waals surface area contributed by atoms with E-state index in [9.17, 15) is 4.79 Å². The summed E-state index contributed by atoms with van der Waals surface area (Å²) in [5.41, 5.74) is 5.83. The van der Waals surface area contributed by atoms with Crippen molar-refractivity contribution >= 4 is 11.6 Å². The zero-order valence-electron chi connectivity index (χ0n) is 15.2. The lowest BCUT2D eigenvalue weighted by atomic mass is 10.0. The van der Waals surface area contributed by atoms with E-state index in [4.69, 9.17) is 4.74 Å². The number of hydrogen-bond donors (Lipinski definition) is 2. The molecule has 0 radical (unpaired) electrons. The molecule has 5 heteroatoms. The number of nitrogens with zero attached hydrogens (tertiary/aromatic N) is 1. The van der Waals surface area contributed by atoms with Crippen LogP contribution < -0.4 is 10.3 Å². The Hall–Kier alpha value is -2.50. The van der Waals surface area contributed by atoms with E-state index >= 15 is 0 Å². The maximum Gasteiger partial charge on any atom is 0.244 e. The first kappa shape index (κ1) is 18.3. The number of amides is 1. The van der Waals surface area contributed by atoms with E-state index in [2.05, 4.69) is 22.7 Å². The molecule has 1 fully saturated rings. The molecule has 2 aromatic carbocycles. The molecule has 26 heavy (non-hydrogen) atoms. The van der Waals surface area contributed by atoms with E-state index in [1.807, 2.05) is 55.5 Å². The van der Waals surface area contributed by atoms with Gasteiger partial charge in [-0.1, -0.05) is 60.7 Å². The molecule has 3 rings (SSSR count). The number of carbonyl (C=O) groups is 1. The van der Waals surface area contributed by atoms with Gasteiger partial charge in [0.05, 0.1) is 25.3 Å². The van der Waals surface area contributed by atoms with Crippen LogP contribution in [0.2, 0.25) is 0 Å². The Balaban J connectivity index is 1.70. The van der Waals surface area contributed by atoms with E-state index in [1.165, 1.54) is 10.5 Å². The van der Waals surface area contributed by atoms with Crippen molar-refractivity contribution in [2.24, 2.45) is 5.10 Å². The molecule has 0 unspecified atom stereocenters. The highest BCUT2D eigenvalue weighted by molar-refractivity contribution is 5.89. The van der Waals surface area contributed by atoms with E-state index < -0.39 is 0 Å². The summed E-state index contributed by atoms with van der Waals surface area (Å²) in [6, 6.07) is 20.2. The zero-order chi connectivity index (χ0) is 18.2. The normalized spacial score (nSPS) is 16.9. The molecule has 1 amide bonds. The van der Waals surface area contributed by atoms with Crippen molar-refractivity contribution in [3.8, 4) is 0 Å². The van der Waals surface area contributed by atoms with Crippen LogP contribution in [0.1, 0.15) is 24.1 Å². The number of rotatable bonds is 6. The van der Waals surface area contributed by atoms with Gasteiger partial charge in [-0.15, -0.1) is 0 Å². The third-order valence-electron chi connectivity index (χ3n) is 4.66. The minimum atomic E-state index is -0.0978. The summed E-state index contributed by atoms with van der Waals surface area (Å²) in [6.07, 6.45) is 0.331. The molecule has 1 aliphatic heterocycles. The first-order chi connectivity index (χ1) is 12.7. The van der Waals surface area contributed by atoms with Crippen molar-refractivity contribution in [2.75, 3.05) is 26.3 Å². The van der Waals surface area contributed by atoms with Crippen molar-refractivity contribution in [1.29, 1.82) is 0 Å². The van der Waals surface area contributed by atoms with E-state index in [1.54, 1.807) is 0 Å². The van der Waals surface area contributed by atoms with Gasteiger partial charge in [-0.3, -0.25) is 4.79 Å². The molecule has 0 bridgehead atoms. The zero-order valence-corrected chi connectivity index (χ0v) is 15.2. The Morgan fingerprint density at radius 3 is 2.35 bits per heavy atom. The van der Waals surface area contributed by atoms with Crippen molar-refractivity contribution in [1.82, 2.24) is 5.43 Å². The lowest BCUT2D eigenvalue weighted by Crippen LogP contribution is -3.15. The van der Waals surface area contributed by atoms with Crippen LogP contribution in [0.4, 0.5) is 0 Å². The molecule has 0 aliphatic carbocycles. The number of benzene rings is 2. The monoisotopic (exact) mass is 352 g/mol. The van der Waals surface area contributed by atoms with Crippen LogP contribution in [0.5, 0.6) is 0 Å². The number of hydrazone groups is 1. The molecule has 0 saturated carbocycles. The quantitative estimate of drug-likeness (QED) is 0.610. The summed E-state index contributed by atoms with van der Waals surface area (Å²) in [5, 5.41) is 4.43. The van der Waals surface area contributed by atoms with Gasteiger partial charge in [0.15, 0.2) is 6.04 Å². The maximum absolute atomic E-state index is 12.2. The highest BCUT2D eigenvalue weighted by Crippen LogP contribution is 2.12. The lowest BCUT2D eigenvalue weighted by Gasteiger charge is -2.31. The minimum Gasteiger partial charge on any atom is -0.370 e. The topological polar surface area (TPSA) is 55.1 Å². The van der Waals surface area contributed by atoms with Crippen molar-refractivity contribution < 1.29 is 14.4 Å². The molecule has 136 valence electrons. The van der Waals surface area contributed by atoms with Gasteiger partial charge in [0.1, 0.15) is 13.1 Å². The molecule has 1 heterocycles. The second-order valence-corrected chi connectivity index (χ2v) is 6.56. The van der Waals surface area contributed by atoms with Crippen LogP contribution >= 0.6 is 0 Å². The average Bonchev–Trinajstić information content (AvgIpc) is 2.69. The second kappa shape index (κ2) is 9.27. The molecule has 2 aromatic rings. The summed E-state index contributed by atoms with van der Waals surface area (Å²) in [4.78, 5) is 13.6. The molecular formula is C21H26N3O2+. The summed E-state index contributed by atoms with van der Waals surface area (Å²) < 4.78 is 5.50. The maximum atomic E-state index is 12.2. The Kier molecular flexibility index (Phi) is 6.52. The first-order valence-electron chi connectivity index (χ1n) is 9.08. The summed E-state index contributed by atoms with van der Waals surface area (Å²) in [6.45, 7) is 5.37. The minimum absolute atomic E-state index is 0.0978. The first-order valence-corrected chi connectivity index (χ1v) is 9.08. The van der Waals surface area contributed by atoms with Crippen LogP contribution in [-0.2, 0) is 16.0 Å². The number of quaternary nitrogens is 1. The predicted octanol–water partition coefficient (Wildman–Crippen LogP) is 1.38. The summed E-state index contributed by atoms with van der Waals surface area (Å²) in [7, 11) is 0. The highest BCUT2D eigenvalue weighted by atomic mass is 16.5. The molecule has 2 N–H and O–H groups in total. The molecule has 1 atom stereocenters. The third kappa shape index (κ3) is 5.00. The largest absolute Gasteiger partial charge is 0.370 e. The number of carbonyl (C=O) groups excluding carboxylic acids is 1. The summed E-state index contributed by atoms with van der Waals surface area (Å²) in [5.74, 6) is -0.0978. The van der Waals surface area contributed by atoms with Gasteiger partial charge in [0, 0.05) is 5.56 Å². The van der Waals surface area contributed by atoms with Gasteiger partial charge in [0.2, 0.25) is 5.91 Å². The van der Waals surface area contributed by atoms with Crippen LogP contribution in [0.3, 0.4) is 0 Å². The Morgan fingerprint density at radius 1 is 1.08 bits per heavy atom. The standard InChI is InChI=1S/C21H25N3O2/c1-17(22-23-20(25)16-18-8-4-2-5-9-18)21(19-10-6-3-7-11-19)24-12-14-26-15-13-24/h2-11,21H,12-16H2,1H3,(H,23,25)/p+1/b22-17-/t21-/m0/s1. The van der Waals surface area contributed by atoms with E-state index in [-0.39, 0.29) is 11.9 Å². The van der Waals surface area contributed by atoms with Gasteiger partial charge in [0.25, 0.3) is 0 Å². The number of morpholine rings is 1. The van der Waals surface area contributed by atoms with E-state index in [0.717, 1.165) is 37.6 Å². The third-order valence-corrected chi connectivity index (χ3v) is 4.66. The smallest absolute Gasteiger partial charge is 0.244 e. The van der Waals surface area contributed by atoms with E-state index in [0.29, 0.717) is 6.42 Å². The molecule has 1 saturated heterocycles. The molecule has 0 aromatic heterocycles. The highest BCUT2D eigenvalue weighted by Gasteiger charge is 2.29. The molecular weight excluding hydrogens is 326 g/mol. The van der Waals surface area contributed by atoms with Crippen molar-refractivity contribution in [3.05, 3.63) is 71.8 Å². The van der Waals surface area contributed by atoms with Gasteiger partial charge in [-0.25, -0.2) is 5.43 Å². The average molecular weight is 352 g/mol. The van der Waals surface area contributed by atoms with Crippen LogP contribution in [0.25, 0.3) is 0 Å². The van der Waals surface area contributed by atoms with Crippen LogP contribution in [-0.4, -0.2) is 37.9 Å². The fraction of sp³-hybridized carbons (Fsp3) is 0.333. The van der Waals surface area contributed by atoms with Crippen molar-refractivity contribution in [3.63, 3.8) is 0 Å². The molecule has 0 spiro atoms. The van der Waals surface area contributed by atoms with Gasteiger partial charge >= 0.3 is 0 Å². The van der Waals surface area contributed by atoms with Crippen LogP contribution in [0, 0.1) is 0 Å². The van der Waals surface area contributed by atoms with Gasteiger partial charge in [-0.2, -0.15) is 5.10 Å². The Labute approximate surface area is 154 Å². The second-order valence-electron chi connectivity index (χ2n) is 6.56. The Bertz CT molecular complexity index is 725. The summed E-state index contributed by atoms with van der Waals surface area (Å²) >= 11 is 0. The Morgan fingerprint density at radius 2 is 1.69 bits per heavy atom. The van der Waals surface area contributed by atoms with Gasteiger partial charge < -0.3 is 9.64 Å². The van der Waals surface area contributed by atoms with Crippen molar-refractivity contribution in [2.45, 2.75) is 19.4 Å². The number of nitrogens with one attached hydrogen (secondary N) is 2. The lowest BCUT2D eigenvalue weighted by molar-refractivity contribution is -0.928. The number of hydrogen-bond acceptors (Lipinski definition) is 3.